The first-order chi connectivity index (χ1) is 7.80. The van der Waals surface area contributed by atoms with Crippen LogP contribution >= 0.6 is 15.9 Å². The third kappa shape index (κ3) is 7.98. The summed E-state index contributed by atoms with van der Waals surface area (Å²) in [7, 11) is 0. The first-order valence-electron chi connectivity index (χ1n) is 5.13. The molecule has 0 fully saturated rings. The SMILES string of the molecule is CC(C)(C)OC(=O)NC(CO)C(=O)OCCBr. The van der Waals surface area contributed by atoms with E-state index in [1.807, 2.05) is 0 Å². The minimum Gasteiger partial charge on any atom is -0.463 e. The van der Waals surface area contributed by atoms with E-state index < -0.39 is 30.3 Å². The van der Waals surface area contributed by atoms with Gasteiger partial charge in [0.25, 0.3) is 0 Å². The normalized spacial score (nSPS) is 12.8. The number of halogens is 1. The number of esters is 1. The number of rotatable bonds is 5. The van der Waals surface area contributed by atoms with E-state index in [1.165, 1.54) is 0 Å². The van der Waals surface area contributed by atoms with Crippen molar-refractivity contribution >= 4 is 28.0 Å². The maximum absolute atomic E-state index is 11.4. The predicted octanol–water partition coefficient (Wildman–Crippen LogP) is 0.810. The Balaban J connectivity index is 4.21. The molecule has 1 unspecified atom stereocenters. The molecule has 6 nitrogen and oxygen atoms in total. The molecule has 100 valence electrons. The lowest BCUT2D eigenvalue weighted by molar-refractivity contribution is -0.146. The molecule has 0 aliphatic heterocycles. The fourth-order valence-corrected chi connectivity index (χ4v) is 1.03. The molecule has 0 bridgehead atoms. The first kappa shape index (κ1) is 16.2. The fraction of sp³-hybridized carbons (Fsp3) is 0.800. The number of ether oxygens (including phenoxy) is 2. The lowest BCUT2D eigenvalue weighted by atomic mass is 10.2. The Morgan fingerprint density at radius 3 is 2.41 bits per heavy atom. The maximum atomic E-state index is 11.4. The summed E-state index contributed by atoms with van der Waals surface area (Å²) in [6.45, 7) is 4.72. The molecule has 0 radical (unpaired) electrons. The van der Waals surface area contributed by atoms with E-state index in [2.05, 4.69) is 21.2 Å². The highest BCUT2D eigenvalue weighted by Crippen LogP contribution is 2.06. The number of hydrogen-bond donors (Lipinski definition) is 2. The van der Waals surface area contributed by atoms with Crippen molar-refractivity contribution in [3.8, 4) is 0 Å². The minimum atomic E-state index is -1.11. The van der Waals surface area contributed by atoms with E-state index in [0.29, 0.717) is 5.33 Å². The second-order valence-electron chi connectivity index (χ2n) is 4.24. The van der Waals surface area contributed by atoms with E-state index in [1.54, 1.807) is 20.8 Å². The number of nitrogens with one attached hydrogen (secondary N) is 1. The molecule has 1 amide bonds. The maximum Gasteiger partial charge on any atom is 0.408 e. The number of carbonyl (C=O) groups is 2. The lowest BCUT2D eigenvalue weighted by Crippen LogP contribution is -2.46. The van der Waals surface area contributed by atoms with Gasteiger partial charge in [-0.3, -0.25) is 0 Å². The van der Waals surface area contributed by atoms with Gasteiger partial charge in [0.15, 0.2) is 6.04 Å². The molecule has 0 aromatic carbocycles. The van der Waals surface area contributed by atoms with Gasteiger partial charge in [0.1, 0.15) is 12.2 Å². The average Bonchev–Trinajstić information content (AvgIpc) is 2.19. The Labute approximate surface area is 109 Å². The van der Waals surface area contributed by atoms with Crippen molar-refractivity contribution in [3.05, 3.63) is 0 Å². The first-order valence-corrected chi connectivity index (χ1v) is 6.25. The van der Waals surface area contributed by atoms with Crippen LogP contribution in [0.2, 0.25) is 0 Å². The highest BCUT2D eigenvalue weighted by Gasteiger charge is 2.24. The molecule has 0 spiro atoms. The van der Waals surface area contributed by atoms with Gasteiger partial charge in [-0.1, -0.05) is 15.9 Å². The van der Waals surface area contributed by atoms with Crippen LogP contribution in [0, 0.1) is 0 Å². The minimum absolute atomic E-state index is 0.172. The van der Waals surface area contributed by atoms with E-state index in [9.17, 15) is 9.59 Å². The largest absolute Gasteiger partial charge is 0.463 e. The molecular formula is C10H18BrNO5. The van der Waals surface area contributed by atoms with E-state index in [-0.39, 0.29) is 6.61 Å². The Hall–Kier alpha value is -0.820. The van der Waals surface area contributed by atoms with Gasteiger partial charge in [-0.05, 0) is 20.8 Å². The zero-order valence-corrected chi connectivity index (χ0v) is 11.7. The van der Waals surface area contributed by atoms with Gasteiger partial charge in [0.2, 0.25) is 0 Å². The Morgan fingerprint density at radius 1 is 1.41 bits per heavy atom. The molecule has 17 heavy (non-hydrogen) atoms. The smallest absolute Gasteiger partial charge is 0.408 e. The van der Waals surface area contributed by atoms with E-state index in [0.717, 1.165) is 0 Å². The molecule has 2 N–H and O–H groups in total. The molecule has 1 atom stereocenters. The van der Waals surface area contributed by atoms with Crippen LogP contribution in [0.4, 0.5) is 4.79 Å². The monoisotopic (exact) mass is 311 g/mol. The highest BCUT2D eigenvalue weighted by atomic mass is 79.9. The quantitative estimate of drug-likeness (QED) is 0.580. The van der Waals surface area contributed by atoms with Gasteiger partial charge in [-0.25, -0.2) is 9.59 Å². The van der Waals surface area contributed by atoms with Crippen LogP contribution in [-0.2, 0) is 14.3 Å². The van der Waals surface area contributed by atoms with Crippen LogP contribution in [0.15, 0.2) is 0 Å². The molecule has 0 aromatic rings. The molecule has 7 heteroatoms. The van der Waals surface area contributed by atoms with Crippen LogP contribution in [0.1, 0.15) is 20.8 Å². The third-order valence-corrected chi connectivity index (χ3v) is 1.80. The Bertz CT molecular complexity index is 264. The van der Waals surface area contributed by atoms with Gasteiger partial charge in [-0.15, -0.1) is 0 Å². The molecule has 0 aromatic heterocycles. The number of aliphatic hydroxyl groups excluding tert-OH is 1. The summed E-state index contributed by atoms with van der Waals surface area (Å²) in [4.78, 5) is 22.7. The standard InChI is InChI=1S/C10H18BrNO5/c1-10(2,3)17-9(15)12-7(6-13)8(14)16-5-4-11/h7,13H,4-6H2,1-3H3,(H,12,15). The summed E-state index contributed by atoms with van der Waals surface area (Å²) < 4.78 is 9.71. The van der Waals surface area contributed by atoms with Crippen molar-refractivity contribution in [1.82, 2.24) is 5.32 Å². The van der Waals surface area contributed by atoms with Gasteiger partial charge in [0.05, 0.1) is 6.61 Å². The summed E-state index contributed by atoms with van der Waals surface area (Å²) in [5.74, 6) is -0.696. The van der Waals surface area contributed by atoms with Crippen LogP contribution in [0.5, 0.6) is 0 Å². The van der Waals surface area contributed by atoms with Crippen molar-refractivity contribution in [3.63, 3.8) is 0 Å². The number of hydrogen-bond acceptors (Lipinski definition) is 5. The predicted molar refractivity (Wildman–Crippen MR) is 65.0 cm³/mol. The second-order valence-corrected chi connectivity index (χ2v) is 5.03. The van der Waals surface area contributed by atoms with E-state index in [4.69, 9.17) is 14.6 Å². The summed E-state index contributed by atoms with van der Waals surface area (Å²) in [5, 5.41) is 11.7. The zero-order valence-electron chi connectivity index (χ0n) is 10.2. The van der Waals surface area contributed by atoms with Gasteiger partial charge in [-0.2, -0.15) is 0 Å². The number of carbonyl (C=O) groups excluding carboxylic acids is 2. The highest BCUT2D eigenvalue weighted by molar-refractivity contribution is 9.09. The van der Waals surface area contributed by atoms with E-state index >= 15 is 0 Å². The van der Waals surface area contributed by atoms with Crippen molar-refractivity contribution < 1.29 is 24.2 Å². The second kappa shape index (κ2) is 7.50. The van der Waals surface area contributed by atoms with Crippen molar-refractivity contribution in [2.24, 2.45) is 0 Å². The molecule has 0 saturated heterocycles. The average molecular weight is 312 g/mol. The summed E-state index contributed by atoms with van der Waals surface area (Å²) in [6, 6.07) is -1.11. The molecule has 0 aliphatic carbocycles. The fourth-order valence-electron chi connectivity index (χ4n) is 0.869. The number of alkyl carbamates (subject to hydrolysis) is 1. The van der Waals surface area contributed by atoms with Crippen LogP contribution < -0.4 is 5.32 Å². The Kier molecular flexibility index (Phi) is 7.13. The zero-order chi connectivity index (χ0) is 13.5. The van der Waals surface area contributed by atoms with Crippen LogP contribution in [0.3, 0.4) is 0 Å². The van der Waals surface area contributed by atoms with Crippen molar-refractivity contribution in [2.75, 3.05) is 18.5 Å². The number of amides is 1. The van der Waals surface area contributed by atoms with Crippen LogP contribution in [0.25, 0.3) is 0 Å². The summed E-state index contributed by atoms with van der Waals surface area (Å²) >= 11 is 3.09. The molecule has 0 aliphatic rings. The van der Waals surface area contributed by atoms with Gasteiger partial charge >= 0.3 is 12.1 Å². The molecular weight excluding hydrogens is 294 g/mol. The van der Waals surface area contributed by atoms with Crippen molar-refractivity contribution in [2.45, 2.75) is 32.4 Å². The summed E-state index contributed by atoms with van der Waals surface area (Å²) in [6.07, 6.45) is -0.771. The summed E-state index contributed by atoms with van der Waals surface area (Å²) in [5.41, 5.74) is -0.663. The number of alkyl halides is 1. The van der Waals surface area contributed by atoms with Gasteiger partial charge in [0, 0.05) is 5.33 Å². The molecule has 0 heterocycles. The number of aliphatic hydroxyl groups is 1. The molecule has 0 rings (SSSR count). The third-order valence-electron chi connectivity index (χ3n) is 1.48. The van der Waals surface area contributed by atoms with Crippen LogP contribution in [-0.4, -0.2) is 47.4 Å². The molecule has 0 saturated carbocycles. The van der Waals surface area contributed by atoms with Crippen molar-refractivity contribution in [1.29, 1.82) is 0 Å². The Morgan fingerprint density at radius 2 is 2.00 bits per heavy atom. The lowest BCUT2D eigenvalue weighted by Gasteiger charge is -2.22. The van der Waals surface area contributed by atoms with Gasteiger partial charge < -0.3 is 19.9 Å². The topological polar surface area (TPSA) is 84.9 Å².